The van der Waals surface area contributed by atoms with Gasteiger partial charge in [0.05, 0.1) is 6.61 Å². The van der Waals surface area contributed by atoms with Gasteiger partial charge >= 0.3 is 0 Å². The van der Waals surface area contributed by atoms with Gasteiger partial charge in [0.2, 0.25) is 0 Å². The topological polar surface area (TPSA) is 58.0 Å². The Bertz CT molecular complexity index is 263. The van der Waals surface area contributed by atoms with Gasteiger partial charge in [-0.1, -0.05) is 18.7 Å². The van der Waals surface area contributed by atoms with Crippen LogP contribution in [0, 0.1) is 0 Å². The molecule has 6 heteroatoms. The van der Waals surface area contributed by atoms with Crippen LogP contribution in [0.3, 0.4) is 0 Å². The molecule has 0 aliphatic rings. The first-order valence-corrected chi connectivity index (χ1v) is 6.29. The molecule has 4 nitrogen and oxygen atoms in total. The molecular weight excluding hydrogens is 218 g/mol. The van der Waals surface area contributed by atoms with Gasteiger partial charge in [-0.2, -0.15) is 4.37 Å². The Kier molecular flexibility index (Phi) is 5.39. The van der Waals surface area contributed by atoms with Gasteiger partial charge in [-0.15, -0.1) is 0 Å². The molecule has 80 valence electrons. The van der Waals surface area contributed by atoms with Crippen LogP contribution in [0.15, 0.2) is 4.34 Å². The van der Waals surface area contributed by atoms with Crippen molar-refractivity contribution >= 4 is 23.3 Å². The Hall–Kier alpha value is -0.170. The maximum absolute atomic E-state index is 8.95. The number of aliphatic hydroxyl groups excluding tert-OH is 1. The molecule has 1 atom stereocenters. The first kappa shape index (κ1) is 11.9. The fourth-order valence-corrected chi connectivity index (χ4v) is 2.65. The summed E-state index contributed by atoms with van der Waals surface area (Å²) in [5.41, 5.74) is 0. The molecule has 0 fully saturated rings. The number of thioether (sulfide) groups is 1. The largest absolute Gasteiger partial charge is 0.395 e. The van der Waals surface area contributed by atoms with Gasteiger partial charge in [0.15, 0.2) is 4.34 Å². The summed E-state index contributed by atoms with van der Waals surface area (Å²) in [5, 5.41) is 12.0. The molecule has 0 amide bonds. The van der Waals surface area contributed by atoms with Crippen molar-refractivity contribution in [3.63, 3.8) is 0 Å². The first-order chi connectivity index (χ1) is 6.80. The predicted octanol–water partition coefficient (Wildman–Crippen LogP) is 0.773. The van der Waals surface area contributed by atoms with Crippen LogP contribution < -0.4 is 5.32 Å². The monoisotopic (exact) mass is 233 g/mol. The summed E-state index contributed by atoms with van der Waals surface area (Å²) in [6.07, 6.45) is 0.881. The molecule has 1 aromatic heterocycles. The van der Waals surface area contributed by atoms with E-state index in [1.54, 1.807) is 11.8 Å². The van der Waals surface area contributed by atoms with Crippen LogP contribution in [0.4, 0.5) is 0 Å². The lowest BCUT2D eigenvalue weighted by atomic mass is 10.4. The summed E-state index contributed by atoms with van der Waals surface area (Å²) in [6, 6.07) is 0.133. The van der Waals surface area contributed by atoms with E-state index in [4.69, 9.17) is 5.11 Å². The smallest absolute Gasteiger partial charge is 0.170 e. The summed E-state index contributed by atoms with van der Waals surface area (Å²) >= 11 is 3.07. The minimum atomic E-state index is 0.133. The van der Waals surface area contributed by atoms with Crippen molar-refractivity contribution in [3.05, 3.63) is 5.82 Å². The zero-order valence-electron chi connectivity index (χ0n) is 8.36. The average Bonchev–Trinajstić information content (AvgIpc) is 2.67. The molecule has 0 saturated carbocycles. The second-order valence-electron chi connectivity index (χ2n) is 2.81. The van der Waals surface area contributed by atoms with E-state index in [1.165, 1.54) is 11.5 Å². The van der Waals surface area contributed by atoms with Gasteiger partial charge in [0.25, 0.3) is 0 Å². The molecule has 0 spiro atoms. The van der Waals surface area contributed by atoms with E-state index >= 15 is 0 Å². The molecule has 0 radical (unpaired) electrons. The van der Waals surface area contributed by atoms with E-state index in [1.807, 2.05) is 14.0 Å². The quantitative estimate of drug-likeness (QED) is 0.711. The number of nitrogens with zero attached hydrogens (tertiary/aromatic N) is 2. The molecule has 2 N–H and O–H groups in total. The molecule has 0 aromatic carbocycles. The molecule has 1 rings (SSSR count). The van der Waals surface area contributed by atoms with Crippen molar-refractivity contribution in [2.24, 2.45) is 0 Å². The molecular formula is C8H15N3OS2. The molecule has 1 heterocycles. The van der Waals surface area contributed by atoms with Crippen molar-refractivity contribution < 1.29 is 5.11 Å². The van der Waals surface area contributed by atoms with E-state index in [2.05, 4.69) is 14.7 Å². The highest BCUT2D eigenvalue weighted by Gasteiger charge is 2.07. The average molecular weight is 233 g/mol. The summed E-state index contributed by atoms with van der Waals surface area (Å²) in [7, 11) is 1.85. The molecule has 0 saturated heterocycles. The Balaban J connectivity index is 2.37. The second-order valence-corrected chi connectivity index (χ2v) is 4.83. The third-order valence-electron chi connectivity index (χ3n) is 1.80. The van der Waals surface area contributed by atoms with Gasteiger partial charge < -0.3 is 10.4 Å². The van der Waals surface area contributed by atoms with Gasteiger partial charge in [0, 0.05) is 18.2 Å². The maximum atomic E-state index is 8.95. The van der Waals surface area contributed by atoms with Crippen LogP contribution in [-0.2, 0) is 6.42 Å². The molecule has 0 aliphatic carbocycles. The van der Waals surface area contributed by atoms with Crippen LogP contribution >= 0.6 is 23.3 Å². The Morgan fingerprint density at radius 3 is 2.93 bits per heavy atom. The standard InChI is InChI=1S/C8H15N3OS2/c1-3-7-10-8(14-11-7)13-5-6(4-12)9-2/h6,9,12H,3-5H2,1-2H3. The summed E-state index contributed by atoms with van der Waals surface area (Å²) in [5.74, 6) is 1.73. The van der Waals surface area contributed by atoms with Crippen molar-refractivity contribution in [2.75, 3.05) is 19.4 Å². The number of hydrogen-bond donors (Lipinski definition) is 2. The van der Waals surface area contributed by atoms with E-state index in [0.717, 1.165) is 22.3 Å². The van der Waals surface area contributed by atoms with Crippen molar-refractivity contribution in [3.8, 4) is 0 Å². The normalized spacial score (nSPS) is 13.1. The first-order valence-electron chi connectivity index (χ1n) is 4.53. The minimum Gasteiger partial charge on any atom is -0.395 e. The maximum Gasteiger partial charge on any atom is 0.170 e. The Morgan fingerprint density at radius 1 is 1.64 bits per heavy atom. The number of aliphatic hydroxyl groups is 1. The number of rotatable bonds is 6. The molecule has 0 aliphatic heterocycles. The molecule has 1 aromatic rings. The highest BCUT2D eigenvalue weighted by Crippen LogP contribution is 2.20. The van der Waals surface area contributed by atoms with Gasteiger partial charge in [-0.3, -0.25) is 0 Å². The number of hydrogen-bond acceptors (Lipinski definition) is 6. The zero-order valence-corrected chi connectivity index (χ0v) is 9.99. The number of aromatic nitrogens is 2. The second kappa shape index (κ2) is 6.34. The van der Waals surface area contributed by atoms with Crippen LogP contribution in [0.25, 0.3) is 0 Å². The zero-order chi connectivity index (χ0) is 10.4. The fourth-order valence-electron chi connectivity index (χ4n) is 0.839. The third-order valence-corrected chi connectivity index (χ3v) is 3.84. The minimum absolute atomic E-state index is 0.133. The van der Waals surface area contributed by atoms with E-state index < -0.39 is 0 Å². The van der Waals surface area contributed by atoms with Crippen LogP contribution in [0.2, 0.25) is 0 Å². The van der Waals surface area contributed by atoms with Crippen LogP contribution in [0.1, 0.15) is 12.7 Å². The summed E-state index contributed by atoms with van der Waals surface area (Å²) in [6.45, 7) is 2.20. The molecule has 0 bridgehead atoms. The highest BCUT2D eigenvalue weighted by atomic mass is 32.2. The summed E-state index contributed by atoms with van der Waals surface area (Å²) in [4.78, 5) is 4.33. The van der Waals surface area contributed by atoms with Gasteiger partial charge in [-0.25, -0.2) is 4.98 Å². The van der Waals surface area contributed by atoms with E-state index in [0.29, 0.717) is 0 Å². The fraction of sp³-hybridized carbons (Fsp3) is 0.750. The Labute approximate surface area is 92.3 Å². The van der Waals surface area contributed by atoms with Crippen molar-refractivity contribution in [1.29, 1.82) is 0 Å². The lowest BCUT2D eigenvalue weighted by Crippen LogP contribution is -2.31. The number of nitrogens with one attached hydrogen (secondary N) is 1. The molecule has 1 unspecified atom stereocenters. The summed E-state index contributed by atoms with van der Waals surface area (Å²) < 4.78 is 5.17. The number of likely N-dealkylation sites (N-methyl/N-ethyl adjacent to an activating group) is 1. The van der Waals surface area contributed by atoms with Crippen LogP contribution in [-0.4, -0.2) is 39.9 Å². The van der Waals surface area contributed by atoms with Crippen LogP contribution in [0.5, 0.6) is 0 Å². The number of aryl methyl sites for hydroxylation is 1. The van der Waals surface area contributed by atoms with Crippen molar-refractivity contribution in [1.82, 2.24) is 14.7 Å². The highest BCUT2D eigenvalue weighted by molar-refractivity contribution is 8.00. The Morgan fingerprint density at radius 2 is 2.43 bits per heavy atom. The lowest BCUT2D eigenvalue weighted by molar-refractivity contribution is 0.260. The van der Waals surface area contributed by atoms with Gasteiger partial charge in [-0.05, 0) is 18.6 Å². The molecule has 14 heavy (non-hydrogen) atoms. The van der Waals surface area contributed by atoms with E-state index in [-0.39, 0.29) is 12.6 Å². The predicted molar refractivity (Wildman–Crippen MR) is 59.9 cm³/mol. The van der Waals surface area contributed by atoms with Crippen molar-refractivity contribution in [2.45, 2.75) is 23.7 Å². The van der Waals surface area contributed by atoms with Gasteiger partial charge in [0.1, 0.15) is 5.82 Å². The van der Waals surface area contributed by atoms with E-state index in [9.17, 15) is 0 Å². The third kappa shape index (κ3) is 3.53. The SMILES string of the molecule is CCc1nsc(SCC(CO)NC)n1. The lowest BCUT2D eigenvalue weighted by Gasteiger charge is -2.10.